The number of amides is 1. The Morgan fingerprint density at radius 1 is 1.18 bits per heavy atom. The number of rotatable bonds is 3. The van der Waals surface area contributed by atoms with Gasteiger partial charge in [0, 0.05) is 31.2 Å². The predicted octanol–water partition coefficient (Wildman–Crippen LogP) is 2.76. The lowest BCUT2D eigenvalue weighted by atomic mass is 9.90. The molecule has 2 N–H and O–H groups in total. The molecule has 0 unspecified atom stereocenters. The zero-order valence-corrected chi connectivity index (χ0v) is 12.6. The first-order valence-electron chi connectivity index (χ1n) is 7.76. The average Bonchev–Trinajstić information content (AvgIpc) is 2.58. The number of piperidine rings is 1. The summed E-state index contributed by atoms with van der Waals surface area (Å²) in [6, 6.07) is 11.7. The molecule has 0 aliphatic carbocycles. The summed E-state index contributed by atoms with van der Waals surface area (Å²) in [6.07, 6.45) is 6.50. The Labute approximate surface area is 131 Å². The fourth-order valence-electron chi connectivity index (χ4n) is 3.00. The van der Waals surface area contributed by atoms with Crippen LogP contribution >= 0.6 is 0 Å². The van der Waals surface area contributed by atoms with Crippen LogP contribution in [0.15, 0.2) is 48.8 Å². The summed E-state index contributed by atoms with van der Waals surface area (Å²) < 4.78 is 0. The summed E-state index contributed by atoms with van der Waals surface area (Å²) in [4.78, 5) is 18.3. The van der Waals surface area contributed by atoms with Crippen molar-refractivity contribution in [3.63, 3.8) is 0 Å². The van der Waals surface area contributed by atoms with E-state index in [0.29, 0.717) is 11.5 Å². The van der Waals surface area contributed by atoms with Crippen LogP contribution in [0, 0.1) is 5.92 Å². The summed E-state index contributed by atoms with van der Waals surface area (Å²) in [6.45, 7) is 1.65. The van der Waals surface area contributed by atoms with Crippen molar-refractivity contribution >= 4 is 11.6 Å². The van der Waals surface area contributed by atoms with Gasteiger partial charge in [-0.1, -0.05) is 12.1 Å². The van der Waals surface area contributed by atoms with E-state index in [1.165, 1.54) is 5.56 Å². The molecule has 114 valence electrons. The molecule has 2 aromatic rings. The molecule has 4 nitrogen and oxygen atoms in total. The summed E-state index contributed by atoms with van der Waals surface area (Å²) in [5.74, 6) is 0.737. The summed E-state index contributed by atoms with van der Waals surface area (Å²) in [7, 11) is 0. The molecule has 1 aromatic heterocycles. The zero-order chi connectivity index (χ0) is 15.4. The largest absolute Gasteiger partial charge is 0.399 e. The smallest absolute Gasteiger partial charge is 0.255 e. The van der Waals surface area contributed by atoms with E-state index >= 15 is 0 Å². The van der Waals surface area contributed by atoms with Crippen molar-refractivity contribution in [1.29, 1.82) is 0 Å². The summed E-state index contributed by atoms with van der Waals surface area (Å²) in [5, 5.41) is 0. The second kappa shape index (κ2) is 6.60. The van der Waals surface area contributed by atoms with Gasteiger partial charge in [-0.2, -0.15) is 0 Å². The Balaban J connectivity index is 1.54. The van der Waals surface area contributed by atoms with Gasteiger partial charge in [0.1, 0.15) is 0 Å². The number of likely N-dealkylation sites (tertiary alicyclic amines) is 1. The number of hydrogen-bond donors (Lipinski definition) is 1. The standard InChI is InChI=1S/C18H21N3O/c19-17-5-3-14(4-6-17)12-15-7-10-21(11-8-15)18(22)16-2-1-9-20-13-16/h1-6,9,13,15H,7-8,10-12,19H2. The lowest BCUT2D eigenvalue weighted by Crippen LogP contribution is -2.38. The number of pyridine rings is 1. The molecule has 1 fully saturated rings. The average molecular weight is 295 g/mol. The van der Waals surface area contributed by atoms with Crippen LogP contribution in [0.5, 0.6) is 0 Å². The van der Waals surface area contributed by atoms with E-state index < -0.39 is 0 Å². The molecule has 1 aromatic carbocycles. The van der Waals surface area contributed by atoms with Gasteiger partial charge in [0.2, 0.25) is 0 Å². The third-order valence-corrected chi connectivity index (χ3v) is 4.31. The van der Waals surface area contributed by atoms with Crippen molar-refractivity contribution in [2.45, 2.75) is 19.3 Å². The fourth-order valence-corrected chi connectivity index (χ4v) is 3.00. The van der Waals surface area contributed by atoms with E-state index in [1.807, 2.05) is 23.1 Å². The molecule has 0 atom stereocenters. The molecule has 1 aliphatic rings. The fraction of sp³-hybridized carbons (Fsp3) is 0.333. The van der Waals surface area contributed by atoms with Crippen LogP contribution in [0.3, 0.4) is 0 Å². The number of nitrogens with two attached hydrogens (primary N) is 1. The summed E-state index contributed by atoms with van der Waals surface area (Å²) >= 11 is 0. The van der Waals surface area contributed by atoms with Gasteiger partial charge in [-0.25, -0.2) is 0 Å². The highest BCUT2D eigenvalue weighted by molar-refractivity contribution is 5.93. The molecule has 0 radical (unpaired) electrons. The van der Waals surface area contributed by atoms with Gasteiger partial charge in [-0.05, 0) is 55.0 Å². The molecule has 4 heteroatoms. The van der Waals surface area contributed by atoms with E-state index in [4.69, 9.17) is 5.73 Å². The third kappa shape index (κ3) is 3.45. The molecule has 0 bridgehead atoms. The van der Waals surface area contributed by atoms with E-state index in [2.05, 4.69) is 17.1 Å². The van der Waals surface area contributed by atoms with Gasteiger partial charge in [0.25, 0.3) is 5.91 Å². The van der Waals surface area contributed by atoms with Crippen LogP contribution in [0.25, 0.3) is 0 Å². The number of carbonyl (C=O) groups is 1. The van der Waals surface area contributed by atoms with Crippen LogP contribution in [0.4, 0.5) is 5.69 Å². The zero-order valence-electron chi connectivity index (χ0n) is 12.6. The van der Waals surface area contributed by atoms with Crippen molar-refractivity contribution in [1.82, 2.24) is 9.88 Å². The second-order valence-electron chi connectivity index (χ2n) is 5.92. The van der Waals surface area contributed by atoms with E-state index in [0.717, 1.165) is 38.0 Å². The first-order chi connectivity index (χ1) is 10.7. The maximum absolute atomic E-state index is 12.4. The molecule has 22 heavy (non-hydrogen) atoms. The molecule has 1 aliphatic heterocycles. The highest BCUT2D eigenvalue weighted by atomic mass is 16.2. The van der Waals surface area contributed by atoms with Gasteiger partial charge in [0.05, 0.1) is 5.56 Å². The minimum atomic E-state index is 0.0963. The van der Waals surface area contributed by atoms with Gasteiger partial charge in [-0.15, -0.1) is 0 Å². The monoisotopic (exact) mass is 295 g/mol. The number of aromatic nitrogens is 1. The molecule has 1 amide bonds. The molecule has 1 saturated heterocycles. The maximum Gasteiger partial charge on any atom is 0.255 e. The summed E-state index contributed by atoms with van der Waals surface area (Å²) in [5.41, 5.74) is 8.53. The van der Waals surface area contributed by atoms with Crippen molar-refractivity contribution in [3.05, 3.63) is 59.9 Å². The van der Waals surface area contributed by atoms with Crippen molar-refractivity contribution in [2.75, 3.05) is 18.8 Å². The number of hydrogen-bond acceptors (Lipinski definition) is 3. The number of nitrogen functional groups attached to an aromatic ring is 1. The SMILES string of the molecule is Nc1ccc(CC2CCN(C(=O)c3cccnc3)CC2)cc1. The van der Waals surface area contributed by atoms with Gasteiger partial charge in [-0.3, -0.25) is 9.78 Å². The van der Waals surface area contributed by atoms with E-state index in [1.54, 1.807) is 18.5 Å². The Hall–Kier alpha value is -2.36. The first-order valence-corrected chi connectivity index (χ1v) is 7.76. The number of carbonyl (C=O) groups excluding carboxylic acids is 1. The van der Waals surface area contributed by atoms with Crippen LogP contribution in [-0.4, -0.2) is 28.9 Å². The Morgan fingerprint density at radius 3 is 2.55 bits per heavy atom. The van der Waals surface area contributed by atoms with Crippen LogP contribution in [0.2, 0.25) is 0 Å². The minimum absolute atomic E-state index is 0.0963. The molecule has 3 rings (SSSR count). The number of benzene rings is 1. The Kier molecular flexibility index (Phi) is 4.37. The van der Waals surface area contributed by atoms with Gasteiger partial charge < -0.3 is 10.6 Å². The van der Waals surface area contributed by atoms with Crippen LogP contribution < -0.4 is 5.73 Å². The third-order valence-electron chi connectivity index (χ3n) is 4.31. The predicted molar refractivity (Wildman–Crippen MR) is 87.4 cm³/mol. The Bertz CT molecular complexity index is 617. The lowest BCUT2D eigenvalue weighted by molar-refractivity contribution is 0.0690. The topological polar surface area (TPSA) is 59.2 Å². The number of nitrogens with zero attached hydrogens (tertiary/aromatic N) is 2. The van der Waals surface area contributed by atoms with Crippen LogP contribution in [-0.2, 0) is 6.42 Å². The van der Waals surface area contributed by atoms with Crippen molar-refractivity contribution in [3.8, 4) is 0 Å². The molecule has 2 heterocycles. The van der Waals surface area contributed by atoms with Crippen molar-refractivity contribution in [2.24, 2.45) is 5.92 Å². The normalized spacial score (nSPS) is 15.7. The second-order valence-corrected chi connectivity index (χ2v) is 5.92. The minimum Gasteiger partial charge on any atom is -0.399 e. The highest BCUT2D eigenvalue weighted by Crippen LogP contribution is 2.23. The Morgan fingerprint density at radius 2 is 1.91 bits per heavy atom. The van der Waals surface area contributed by atoms with Gasteiger partial charge >= 0.3 is 0 Å². The lowest BCUT2D eigenvalue weighted by Gasteiger charge is -2.32. The molecular formula is C18H21N3O. The van der Waals surface area contributed by atoms with Crippen LogP contribution in [0.1, 0.15) is 28.8 Å². The highest BCUT2D eigenvalue weighted by Gasteiger charge is 2.23. The van der Waals surface area contributed by atoms with Gasteiger partial charge in [0.15, 0.2) is 0 Å². The van der Waals surface area contributed by atoms with E-state index in [9.17, 15) is 4.79 Å². The maximum atomic E-state index is 12.4. The van der Waals surface area contributed by atoms with E-state index in [-0.39, 0.29) is 5.91 Å². The quantitative estimate of drug-likeness (QED) is 0.886. The molecule has 0 saturated carbocycles. The first kappa shape index (κ1) is 14.6. The molecular weight excluding hydrogens is 274 g/mol. The number of anilines is 1. The molecule has 0 spiro atoms. The van der Waals surface area contributed by atoms with Crippen molar-refractivity contribution < 1.29 is 4.79 Å².